The Morgan fingerprint density at radius 3 is 2.65 bits per heavy atom. The van der Waals surface area contributed by atoms with Crippen LogP contribution in [0.1, 0.15) is 44.4 Å². The fourth-order valence-electron chi connectivity index (χ4n) is 5.77. The van der Waals surface area contributed by atoms with Gasteiger partial charge in [-0.25, -0.2) is 9.37 Å². The third-order valence-electron chi connectivity index (χ3n) is 7.94. The largest absolute Gasteiger partial charge is 0.368 e. The molecule has 4 aromatic heterocycles. The van der Waals surface area contributed by atoms with E-state index in [4.69, 9.17) is 10.1 Å². The van der Waals surface area contributed by atoms with Crippen molar-refractivity contribution in [3.63, 3.8) is 0 Å². The molecule has 0 spiro atoms. The number of nitrogens with one attached hydrogen (secondary N) is 2. The number of imidazole rings is 1. The lowest BCUT2D eigenvalue weighted by molar-refractivity contribution is 0.578. The molecule has 43 heavy (non-hydrogen) atoms. The van der Waals surface area contributed by atoms with Gasteiger partial charge in [-0.1, -0.05) is 48.6 Å². The molecule has 0 bridgehead atoms. The van der Waals surface area contributed by atoms with Gasteiger partial charge in [-0.3, -0.25) is 14.6 Å². The monoisotopic (exact) mass is 576 g/mol. The average molecular weight is 577 g/mol. The summed E-state index contributed by atoms with van der Waals surface area (Å²) in [7, 11) is 1.80. The van der Waals surface area contributed by atoms with Gasteiger partial charge in [0.15, 0.2) is 11.6 Å². The van der Waals surface area contributed by atoms with Crippen LogP contribution in [0.4, 0.5) is 10.1 Å². The van der Waals surface area contributed by atoms with E-state index in [9.17, 15) is 0 Å². The molecule has 8 nitrogen and oxygen atoms in total. The highest BCUT2D eigenvalue weighted by molar-refractivity contribution is 5.97. The van der Waals surface area contributed by atoms with Crippen LogP contribution >= 0.6 is 0 Å². The summed E-state index contributed by atoms with van der Waals surface area (Å²) in [6.07, 6.45) is 16.8. The number of aromatic nitrogens is 6. The predicted octanol–water partition coefficient (Wildman–Crippen LogP) is 6.73. The number of rotatable bonds is 9. The average Bonchev–Trinajstić information content (AvgIpc) is 3.62. The van der Waals surface area contributed by atoms with E-state index in [0.29, 0.717) is 34.5 Å². The maximum Gasteiger partial charge on any atom is 0.161 e. The molecule has 0 saturated carbocycles. The third-order valence-corrected chi connectivity index (χ3v) is 7.94. The number of anilines is 1. The Morgan fingerprint density at radius 2 is 1.88 bits per heavy atom. The third kappa shape index (κ3) is 5.85. The molecule has 5 heterocycles. The van der Waals surface area contributed by atoms with Crippen LogP contribution < -0.4 is 10.2 Å². The molecule has 6 rings (SSSR count). The number of halogens is 1. The van der Waals surface area contributed by atoms with E-state index in [1.54, 1.807) is 24.1 Å². The van der Waals surface area contributed by atoms with E-state index in [2.05, 4.69) is 37.3 Å². The van der Waals surface area contributed by atoms with Gasteiger partial charge in [-0.15, -0.1) is 0 Å². The molecular formula is C34H37FN8. The lowest BCUT2D eigenvalue weighted by Gasteiger charge is -2.28. The van der Waals surface area contributed by atoms with Crippen molar-refractivity contribution in [3.05, 3.63) is 95.9 Å². The number of piperidine rings is 1. The lowest BCUT2D eigenvalue weighted by Crippen LogP contribution is -2.29. The van der Waals surface area contributed by atoms with E-state index in [0.717, 1.165) is 54.8 Å². The Kier molecular flexibility index (Phi) is 8.42. The van der Waals surface area contributed by atoms with Crippen molar-refractivity contribution in [2.24, 2.45) is 7.05 Å². The molecular weight excluding hydrogens is 539 g/mol. The predicted molar refractivity (Wildman–Crippen MR) is 172 cm³/mol. The van der Waals surface area contributed by atoms with E-state index >= 15 is 4.39 Å². The summed E-state index contributed by atoms with van der Waals surface area (Å²) < 4.78 is 18.2. The lowest BCUT2D eigenvalue weighted by atomic mass is 10.0. The number of aryl methyl sites for hydroxylation is 1. The Hall–Kier alpha value is -4.63. The van der Waals surface area contributed by atoms with Gasteiger partial charge in [-0.2, -0.15) is 5.10 Å². The first-order chi connectivity index (χ1) is 21.1. The molecule has 0 amide bonds. The summed E-state index contributed by atoms with van der Waals surface area (Å²) >= 11 is 0. The minimum Gasteiger partial charge on any atom is -0.368 e. The van der Waals surface area contributed by atoms with Gasteiger partial charge >= 0.3 is 0 Å². The Balaban J connectivity index is 1.36. The molecule has 0 unspecified atom stereocenters. The van der Waals surface area contributed by atoms with Gasteiger partial charge < -0.3 is 15.2 Å². The van der Waals surface area contributed by atoms with E-state index in [1.807, 2.05) is 62.5 Å². The van der Waals surface area contributed by atoms with Crippen molar-refractivity contribution >= 4 is 33.2 Å². The number of benzene rings is 1. The number of allylic oxidation sites excluding steroid dienone is 4. The highest BCUT2D eigenvalue weighted by Gasteiger charge is 2.24. The number of H-pyrrole nitrogens is 1. The Morgan fingerprint density at radius 1 is 1.07 bits per heavy atom. The summed E-state index contributed by atoms with van der Waals surface area (Å²) in [6, 6.07) is 10.3. The fraction of sp³-hybridized carbons (Fsp3) is 0.294. The van der Waals surface area contributed by atoms with Crippen LogP contribution in [0.3, 0.4) is 0 Å². The topological polar surface area (TPSA) is 87.6 Å². The quantitative estimate of drug-likeness (QED) is 0.189. The van der Waals surface area contributed by atoms with Crippen LogP contribution in [0.15, 0.2) is 78.8 Å². The molecule has 1 fully saturated rings. The first kappa shape index (κ1) is 28.5. The molecule has 2 N–H and O–H groups in total. The number of nitrogens with zero attached hydrogens (tertiary/aromatic N) is 6. The second-order valence-electron chi connectivity index (χ2n) is 10.9. The van der Waals surface area contributed by atoms with Crippen molar-refractivity contribution < 1.29 is 4.39 Å². The minimum atomic E-state index is -0.420. The molecule has 1 aliphatic rings. The molecule has 1 aromatic carbocycles. The summed E-state index contributed by atoms with van der Waals surface area (Å²) in [5.74, 6) is 0.0945. The Labute approximate surface area is 251 Å². The minimum absolute atomic E-state index is 0.279. The van der Waals surface area contributed by atoms with E-state index < -0.39 is 5.82 Å². The standard InChI is InChI=1S/C34H37FN8/c1-4-12-24(19-36-18-23-13-8-6-9-14-23)17-25(5-2)31-30(35)29-27(22-38-31)42(3)41-33(29)34-39-26-20-37-21-28(32(26)40-34)43-15-10-7-11-16-43/h4-6,8-9,12-14,17,20-22,36H,7,10-11,15-16,18-19H2,1-3H3,(H,39,40)/b12-4+,24-17+,25-5+. The molecule has 5 aromatic rings. The zero-order chi connectivity index (χ0) is 29.8. The highest BCUT2D eigenvalue weighted by atomic mass is 19.1. The van der Waals surface area contributed by atoms with Gasteiger partial charge in [0, 0.05) is 33.2 Å². The van der Waals surface area contributed by atoms with E-state index in [1.165, 1.54) is 12.0 Å². The number of hydrogen-bond acceptors (Lipinski definition) is 6. The van der Waals surface area contributed by atoms with Crippen molar-refractivity contribution in [2.75, 3.05) is 24.5 Å². The Bertz CT molecular complexity index is 1820. The zero-order valence-corrected chi connectivity index (χ0v) is 24.9. The maximum atomic E-state index is 16.5. The van der Waals surface area contributed by atoms with Crippen LogP contribution in [0, 0.1) is 5.82 Å². The van der Waals surface area contributed by atoms with Crippen molar-refractivity contribution in [3.8, 4) is 11.5 Å². The molecule has 0 aliphatic carbocycles. The summed E-state index contributed by atoms with van der Waals surface area (Å²) in [5.41, 5.74) is 6.90. The van der Waals surface area contributed by atoms with Crippen LogP contribution in [-0.2, 0) is 13.6 Å². The van der Waals surface area contributed by atoms with Gasteiger partial charge in [0.25, 0.3) is 0 Å². The van der Waals surface area contributed by atoms with E-state index in [-0.39, 0.29) is 5.69 Å². The summed E-state index contributed by atoms with van der Waals surface area (Å²) in [6.45, 7) is 7.22. The normalized spacial score (nSPS) is 14.9. The zero-order valence-electron chi connectivity index (χ0n) is 24.9. The van der Waals surface area contributed by atoms with Gasteiger partial charge in [-0.05, 0) is 55.9 Å². The second-order valence-corrected chi connectivity index (χ2v) is 10.9. The maximum absolute atomic E-state index is 16.5. The van der Waals surface area contributed by atoms with Crippen LogP contribution in [0.5, 0.6) is 0 Å². The van der Waals surface area contributed by atoms with Gasteiger partial charge in [0.05, 0.1) is 40.7 Å². The van der Waals surface area contributed by atoms with Crippen molar-refractivity contribution in [1.82, 2.24) is 35.0 Å². The van der Waals surface area contributed by atoms with Crippen LogP contribution in [0.25, 0.3) is 39.0 Å². The van der Waals surface area contributed by atoms with Crippen molar-refractivity contribution in [2.45, 2.75) is 39.7 Å². The van der Waals surface area contributed by atoms with Crippen LogP contribution in [0.2, 0.25) is 0 Å². The molecule has 9 heteroatoms. The van der Waals surface area contributed by atoms with Crippen LogP contribution in [-0.4, -0.2) is 49.4 Å². The fourth-order valence-corrected chi connectivity index (χ4v) is 5.77. The second kappa shape index (κ2) is 12.7. The summed E-state index contributed by atoms with van der Waals surface area (Å²) in [5, 5.41) is 8.58. The first-order valence-electron chi connectivity index (χ1n) is 14.9. The number of pyridine rings is 2. The summed E-state index contributed by atoms with van der Waals surface area (Å²) in [4.78, 5) is 19.7. The molecule has 1 saturated heterocycles. The van der Waals surface area contributed by atoms with Crippen molar-refractivity contribution in [1.29, 1.82) is 0 Å². The van der Waals surface area contributed by atoms with Gasteiger partial charge in [0.2, 0.25) is 0 Å². The number of hydrogen-bond donors (Lipinski definition) is 2. The molecule has 0 radical (unpaired) electrons. The molecule has 0 atom stereocenters. The number of fused-ring (bicyclic) bond motifs is 2. The molecule has 220 valence electrons. The smallest absolute Gasteiger partial charge is 0.161 e. The first-order valence-corrected chi connectivity index (χ1v) is 14.9. The SMILES string of the molecule is C/C=C/C(=C\C(=C/C)c1ncc2c(c(-c3nc4c(N5CCCCC5)cncc4[nH]3)nn2C)c1F)CNCc1ccccc1. The molecule has 1 aliphatic heterocycles. The highest BCUT2D eigenvalue weighted by Crippen LogP contribution is 2.34. The number of aromatic amines is 1. The van der Waals surface area contributed by atoms with Gasteiger partial charge in [0.1, 0.15) is 16.9 Å².